The summed E-state index contributed by atoms with van der Waals surface area (Å²) < 4.78 is 17.1. The van der Waals surface area contributed by atoms with Gasteiger partial charge in [0.25, 0.3) is 0 Å². The van der Waals surface area contributed by atoms with Crippen molar-refractivity contribution < 1.29 is 28.9 Å². The number of benzene rings is 2. The van der Waals surface area contributed by atoms with Gasteiger partial charge in [0, 0.05) is 36.0 Å². The summed E-state index contributed by atoms with van der Waals surface area (Å²) in [5.74, 6) is 8.06. The van der Waals surface area contributed by atoms with Crippen LogP contribution in [0.3, 0.4) is 0 Å². The van der Waals surface area contributed by atoms with Gasteiger partial charge in [0.05, 0.1) is 6.61 Å². The largest absolute Gasteiger partial charge is 0.490 e. The number of aliphatic hydroxyl groups excluding tert-OH is 1. The second-order valence-electron chi connectivity index (χ2n) is 13.1. The minimum Gasteiger partial charge on any atom is -0.490 e. The Bertz CT molecular complexity index is 1350. The van der Waals surface area contributed by atoms with Crippen LogP contribution in [0.2, 0.25) is 0 Å². The molecule has 0 saturated carbocycles. The van der Waals surface area contributed by atoms with Crippen molar-refractivity contribution in [2.75, 3.05) is 13.2 Å². The van der Waals surface area contributed by atoms with Gasteiger partial charge in [-0.25, -0.2) is 4.79 Å². The number of carbonyl (C=O) groups excluding carboxylic acids is 2. The number of fused-ring (bicyclic) bond motifs is 1. The zero-order valence-corrected chi connectivity index (χ0v) is 26.3. The number of hydrogen-bond acceptors (Lipinski definition) is 6. The third kappa shape index (κ3) is 9.46. The normalized spacial score (nSPS) is 20.3. The van der Waals surface area contributed by atoms with Crippen LogP contribution >= 0.6 is 0 Å². The van der Waals surface area contributed by atoms with Gasteiger partial charge < -0.3 is 19.3 Å². The molecule has 230 valence electrons. The number of aliphatic hydroxyl groups is 1. The van der Waals surface area contributed by atoms with Crippen molar-refractivity contribution in [1.82, 2.24) is 0 Å². The topological polar surface area (TPSA) is 82.1 Å². The highest BCUT2D eigenvalue weighted by atomic mass is 16.6. The number of ether oxygens (including phenoxy) is 3. The van der Waals surface area contributed by atoms with Crippen LogP contribution in [0.1, 0.15) is 88.5 Å². The monoisotopic (exact) mass is 586 g/mol. The van der Waals surface area contributed by atoms with Crippen LogP contribution in [0.4, 0.5) is 0 Å². The fraction of sp³-hybridized carbons (Fsp3) is 0.514. The minimum absolute atomic E-state index is 0.127. The number of carbonyl (C=O) groups is 2. The van der Waals surface area contributed by atoms with Crippen molar-refractivity contribution in [2.24, 2.45) is 17.8 Å². The van der Waals surface area contributed by atoms with Crippen molar-refractivity contribution in [3.63, 3.8) is 0 Å². The molecule has 0 spiro atoms. The van der Waals surface area contributed by atoms with E-state index >= 15 is 0 Å². The Morgan fingerprint density at radius 3 is 2.42 bits per heavy atom. The number of esters is 2. The summed E-state index contributed by atoms with van der Waals surface area (Å²) in [5, 5.41) is 10.1. The van der Waals surface area contributed by atoms with Crippen LogP contribution in [0.15, 0.2) is 54.1 Å². The third-order valence-corrected chi connectivity index (χ3v) is 8.05. The standard InChI is InChI=1S/C37H46O6/c1-25(2)18-30(19-26(3)4)12-14-31-22-37(23-38,43-36(31)40)24-41-35(39)17-15-33-21-32-20-29(13-16-34(32)42-33)11-10-28-8-6-27(5)7-9-28/h6-9,13-14,16,20,25-26,30,33,38H,12,15,17-19,21-24H2,1-5H3/b31-14+/t33-,37-/m1/s1. The predicted octanol–water partition coefficient (Wildman–Crippen LogP) is 6.72. The van der Waals surface area contributed by atoms with E-state index in [9.17, 15) is 14.7 Å². The van der Waals surface area contributed by atoms with E-state index in [1.165, 1.54) is 5.56 Å². The number of hydrogen-bond donors (Lipinski definition) is 1. The van der Waals surface area contributed by atoms with E-state index in [2.05, 4.69) is 46.5 Å². The molecule has 2 heterocycles. The van der Waals surface area contributed by atoms with Crippen molar-refractivity contribution in [3.05, 3.63) is 76.4 Å². The quantitative estimate of drug-likeness (QED) is 0.169. The summed E-state index contributed by atoms with van der Waals surface area (Å²) >= 11 is 0. The average Bonchev–Trinajstić information content (AvgIpc) is 3.52. The average molecular weight is 587 g/mol. The molecule has 2 aliphatic heterocycles. The molecule has 2 aromatic carbocycles. The summed E-state index contributed by atoms with van der Waals surface area (Å²) in [6.45, 7) is 10.3. The first-order chi connectivity index (χ1) is 20.5. The molecule has 1 saturated heterocycles. The van der Waals surface area contributed by atoms with E-state index in [-0.39, 0.29) is 25.6 Å². The lowest BCUT2D eigenvalue weighted by molar-refractivity contribution is -0.166. The van der Waals surface area contributed by atoms with Gasteiger partial charge in [0.1, 0.15) is 18.5 Å². The Kier molecular flexibility index (Phi) is 11.1. The molecule has 1 fully saturated rings. The molecule has 0 aliphatic carbocycles. The van der Waals surface area contributed by atoms with Gasteiger partial charge in [-0.3, -0.25) is 4.79 Å². The molecular formula is C37H46O6. The predicted molar refractivity (Wildman–Crippen MR) is 168 cm³/mol. The molecule has 0 aromatic heterocycles. The second kappa shape index (κ2) is 14.8. The van der Waals surface area contributed by atoms with E-state index in [1.807, 2.05) is 48.5 Å². The summed E-state index contributed by atoms with van der Waals surface area (Å²) in [6, 6.07) is 14.1. The molecule has 0 radical (unpaired) electrons. The highest BCUT2D eigenvalue weighted by Gasteiger charge is 2.44. The Labute approximate surface area is 256 Å². The van der Waals surface area contributed by atoms with E-state index in [0.717, 1.165) is 41.7 Å². The minimum atomic E-state index is -1.22. The summed E-state index contributed by atoms with van der Waals surface area (Å²) in [6.07, 6.45) is 6.44. The third-order valence-electron chi connectivity index (χ3n) is 8.05. The molecular weight excluding hydrogens is 540 g/mol. The summed E-state index contributed by atoms with van der Waals surface area (Å²) in [4.78, 5) is 25.3. The maximum absolute atomic E-state index is 12.6. The smallest absolute Gasteiger partial charge is 0.334 e. The van der Waals surface area contributed by atoms with Crippen LogP contribution in [0.25, 0.3) is 0 Å². The molecule has 4 rings (SSSR count). The maximum atomic E-state index is 12.6. The van der Waals surface area contributed by atoms with Gasteiger partial charge in [0.15, 0.2) is 5.60 Å². The molecule has 6 heteroatoms. The van der Waals surface area contributed by atoms with Gasteiger partial charge in [0.2, 0.25) is 0 Å². The zero-order valence-electron chi connectivity index (χ0n) is 26.3. The van der Waals surface area contributed by atoms with Crippen LogP contribution in [-0.2, 0) is 25.5 Å². The lowest BCUT2D eigenvalue weighted by atomic mass is 9.86. The van der Waals surface area contributed by atoms with Crippen molar-refractivity contribution in [2.45, 2.75) is 91.3 Å². The fourth-order valence-electron chi connectivity index (χ4n) is 5.92. The van der Waals surface area contributed by atoms with E-state index in [1.54, 1.807) is 0 Å². The van der Waals surface area contributed by atoms with Gasteiger partial charge in [-0.2, -0.15) is 0 Å². The molecule has 0 amide bonds. The van der Waals surface area contributed by atoms with Gasteiger partial charge in [-0.05, 0) is 86.3 Å². The number of aryl methyl sites for hydroxylation is 1. The van der Waals surface area contributed by atoms with Crippen molar-refractivity contribution in [3.8, 4) is 17.6 Å². The lowest BCUT2D eigenvalue weighted by Gasteiger charge is -2.24. The van der Waals surface area contributed by atoms with Gasteiger partial charge >= 0.3 is 11.9 Å². The molecule has 2 aliphatic rings. The zero-order chi connectivity index (χ0) is 31.0. The highest BCUT2D eigenvalue weighted by molar-refractivity contribution is 5.91. The lowest BCUT2D eigenvalue weighted by Crippen LogP contribution is -2.39. The van der Waals surface area contributed by atoms with Crippen LogP contribution in [-0.4, -0.2) is 42.0 Å². The molecule has 43 heavy (non-hydrogen) atoms. The van der Waals surface area contributed by atoms with E-state index in [0.29, 0.717) is 36.2 Å². The molecule has 0 unspecified atom stereocenters. The van der Waals surface area contributed by atoms with Crippen LogP contribution in [0.5, 0.6) is 5.75 Å². The number of rotatable bonds is 12. The second-order valence-corrected chi connectivity index (χ2v) is 13.1. The summed E-state index contributed by atoms with van der Waals surface area (Å²) in [5.41, 5.74) is 3.51. The highest BCUT2D eigenvalue weighted by Crippen LogP contribution is 2.34. The van der Waals surface area contributed by atoms with Crippen molar-refractivity contribution in [1.29, 1.82) is 0 Å². The van der Waals surface area contributed by atoms with Crippen LogP contribution < -0.4 is 4.74 Å². The SMILES string of the molecule is Cc1ccc(C#Cc2ccc3c(c2)C[C@@H](CCC(=O)OC[C@]2(CO)C/C(=C\CC(CC(C)C)CC(C)C)C(=O)O2)O3)cc1. The first-order valence-corrected chi connectivity index (χ1v) is 15.6. The number of allylic oxidation sites excluding steroid dienone is 1. The van der Waals surface area contributed by atoms with Crippen molar-refractivity contribution >= 4 is 11.9 Å². The van der Waals surface area contributed by atoms with E-state index < -0.39 is 24.1 Å². The molecule has 6 nitrogen and oxygen atoms in total. The molecule has 2 aromatic rings. The first kappa shape index (κ1) is 32.4. The molecule has 0 bridgehead atoms. The van der Waals surface area contributed by atoms with Gasteiger partial charge in [-0.15, -0.1) is 0 Å². The Morgan fingerprint density at radius 1 is 1.07 bits per heavy atom. The summed E-state index contributed by atoms with van der Waals surface area (Å²) in [7, 11) is 0. The maximum Gasteiger partial charge on any atom is 0.334 e. The Morgan fingerprint density at radius 2 is 1.74 bits per heavy atom. The Balaban J connectivity index is 1.25. The van der Waals surface area contributed by atoms with Gasteiger partial charge in [-0.1, -0.05) is 63.3 Å². The van der Waals surface area contributed by atoms with E-state index in [4.69, 9.17) is 14.2 Å². The molecule has 2 atom stereocenters. The fourth-order valence-corrected chi connectivity index (χ4v) is 5.92. The first-order valence-electron chi connectivity index (χ1n) is 15.6. The Hall–Kier alpha value is -3.56. The van der Waals surface area contributed by atoms with Crippen LogP contribution in [0, 0.1) is 36.5 Å². The molecule has 1 N–H and O–H groups in total. The number of cyclic esters (lactones) is 1.